The number of amides is 3. The van der Waals surface area contributed by atoms with Gasteiger partial charge in [-0.2, -0.15) is 0 Å². The number of rotatable bonds is 3. The fraction of sp³-hybridized carbons (Fsp3) is 0.294. The molecule has 25 heavy (non-hydrogen) atoms. The first-order valence-electron chi connectivity index (χ1n) is 8.00. The van der Waals surface area contributed by atoms with Crippen LogP contribution in [0, 0.1) is 0 Å². The van der Waals surface area contributed by atoms with Crippen LogP contribution in [0.4, 0.5) is 0 Å². The maximum atomic E-state index is 12.8. The number of nitrogens with two attached hydrogens (primary N) is 1. The van der Waals surface area contributed by atoms with Gasteiger partial charge < -0.3 is 15.1 Å². The lowest BCUT2D eigenvalue weighted by molar-refractivity contribution is -0.136. The third kappa shape index (κ3) is 2.51. The van der Waals surface area contributed by atoms with Gasteiger partial charge in [0.1, 0.15) is 6.04 Å². The second-order valence-corrected chi connectivity index (χ2v) is 6.05. The van der Waals surface area contributed by atoms with E-state index >= 15 is 0 Å². The van der Waals surface area contributed by atoms with Crippen molar-refractivity contribution in [1.82, 2.24) is 15.2 Å². The third-order valence-electron chi connectivity index (χ3n) is 4.58. The molecule has 128 valence electrons. The number of fused-ring (bicyclic) bond motifs is 1. The fourth-order valence-electron chi connectivity index (χ4n) is 3.35. The number of benzene rings is 1. The highest BCUT2D eigenvalue weighted by molar-refractivity contribution is 6.06. The Balaban J connectivity index is 1.68. The van der Waals surface area contributed by atoms with Crippen molar-refractivity contribution in [2.24, 2.45) is 5.73 Å². The normalized spacial score (nSPS) is 20.0. The standard InChI is InChI=1S/C17H16N4O4/c18-6-15-19-7-13(25-15)9-2-1-3-10-11(9)8-21(17(10)24)12-4-5-14(22)20-16(12)23/h1-3,7,12H,4-6,8,18H2,(H,20,22,23). The summed E-state index contributed by atoms with van der Waals surface area (Å²) < 4.78 is 5.61. The van der Waals surface area contributed by atoms with Crippen molar-refractivity contribution >= 4 is 17.7 Å². The van der Waals surface area contributed by atoms with E-state index in [0.717, 1.165) is 11.1 Å². The van der Waals surface area contributed by atoms with Crippen LogP contribution in [0.2, 0.25) is 0 Å². The molecule has 3 amide bonds. The van der Waals surface area contributed by atoms with E-state index in [1.54, 1.807) is 18.3 Å². The highest BCUT2D eigenvalue weighted by Gasteiger charge is 2.40. The molecule has 2 aliphatic rings. The van der Waals surface area contributed by atoms with Gasteiger partial charge in [0, 0.05) is 24.1 Å². The molecule has 2 aromatic rings. The van der Waals surface area contributed by atoms with Crippen LogP contribution in [0.15, 0.2) is 28.8 Å². The summed E-state index contributed by atoms with van der Waals surface area (Å²) >= 11 is 0. The molecule has 4 rings (SSSR count). The summed E-state index contributed by atoms with van der Waals surface area (Å²) in [7, 11) is 0. The zero-order chi connectivity index (χ0) is 17.6. The molecule has 1 saturated heterocycles. The largest absolute Gasteiger partial charge is 0.439 e. The first kappa shape index (κ1) is 15.5. The summed E-state index contributed by atoms with van der Waals surface area (Å²) in [4.78, 5) is 41.8. The van der Waals surface area contributed by atoms with Gasteiger partial charge in [0.05, 0.1) is 12.7 Å². The van der Waals surface area contributed by atoms with Crippen LogP contribution >= 0.6 is 0 Å². The zero-order valence-corrected chi connectivity index (χ0v) is 13.3. The van der Waals surface area contributed by atoms with Crippen molar-refractivity contribution in [1.29, 1.82) is 0 Å². The molecule has 3 N–H and O–H groups in total. The molecule has 1 aromatic carbocycles. The number of aromatic nitrogens is 1. The van der Waals surface area contributed by atoms with E-state index in [2.05, 4.69) is 10.3 Å². The Hall–Kier alpha value is -3.00. The molecule has 1 unspecified atom stereocenters. The molecule has 0 radical (unpaired) electrons. The molecule has 0 aliphatic carbocycles. The van der Waals surface area contributed by atoms with Crippen LogP contribution in [0.5, 0.6) is 0 Å². The Morgan fingerprint density at radius 3 is 2.80 bits per heavy atom. The maximum Gasteiger partial charge on any atom is 0.255 e. The molecule has 1 fully saturated rings. The van der Waals surface area contributed by atoms with Crippen molar-refractivity contribution in [3.8, 4) is 11.3 Å². The van der Waals surface area contributed by atoms with Gasteiger partial charge in [-0.15, -0.1) is 0 Å². The summed E-state index contributed by atoms with van der Waals surface area (Å²) in [6.45, 7) is 0.478. The molecule has 8 nitrogen and oxygen atoms in total. The van der Waals surface area contributed by atoms with E-state index in [4.69, 9.17) is 10.2 Å². The van der Waals surface area contributed by atoms with Crippen LogP contribution in [0.1, 0.15) is 34.7 Å². The Labute approximate surface area is 143 Å². The zero-order valence-electron chi connectivity index (χ0n) is 13.3. The molecule has 3 heterocycles. The maximum absolute atomic E-state index is 12.8. The lowest BCUT2D eigenvalue weighted by Gasteiger charge is -2.29. The van der Waals surface area contributed by atoms with E-state index in [9.17, 15) is 14.4 Å². The minimum absolute atomic E-state index is 0.191. The van der Waals surface area contributed by atoms with Crippen molar-refractivity contribution in [3.05, 3.63) is 41.4 Å². The van der Waals surface area contributed by atoms with Crippen LogP contribution in [0.3, 0.4) is 0 Å². The summed E-state index contributed by atoms with van der Waals surface area (Å²) in [6, 6.07) is 4.71. The average molecular weight is 340 g/mol. The topological polar surface area (TPSA) is 119 Å². The number of oxazole rings is 1. The second kappa shape index (κ2) is 5.82. The lowest BCUT2D eigenvalue weighted by Crippen LogP contribution is -2.52. The van der Waals surface area contributed by atoms with Crippen molar-refractivity contribution in [3.63, 3.8) is 0 Å². The summed E-state index contributed by atoms with van der Waals surface area (Å²) in [5.74, 6) is 0.00482. The first-order valence-corrected chi connectivity index (χ1v) is 8.00. The van der Waals surface area contributed by atoms with Gasteiger partial charge >= 0.3 is 0 Å². The molecule has 1 aromatic heterocycles. The Kier molecular flexibility index (Phi) is 3.61. The molecule has 8 heteroatoms. The third-order valence-corrected chi connectivity index (χ3v) is 4.58. The monoisotopic (exact) mass is 340 g/mol. The lowest BCUT2D eigenvalue weighted by atomic mass is 10.0. The van der Waals surface area contributed by atoms with Crippen LogP contribution in [-0.2, 0) is 22.7 Å². The number of imide groups is 1. The minimum atomic E-state index is -0.639. The highest BCUT2D eigenvalue weighted by Crippen LogP contribution is 2.34. The molecule has 0 saturated carbocycles. The average Bonchev–Trinajstić information content (AvgIpc) is 3.20. The van der Waals surface area contributed by atoms with Gasteiger partial charge in [0.15, 0.2) is 5.76 Å². The molecule has 2 aliphatic heterocycles. The number of piperidine rings is 1. The quantitative estimate of drug-likeness (QED) is 0.788. The van der Waals surface area contributed by atoms with E-state index in [-0.39, 0.29) is 31.3 Å². The number of hydrogen-bond acceptors (Lipinski definition) is 6. The minimum Gasteiger partial charge on any atom is -0.439 e. The van der Waals surface area contributed by atoms with Crippen LogP contribution in [-0.4, -0.2) is 33.6 Å². The van der Waals surface area contributed by atoms with Crippen molar-refractivity contribution < 1.29 is 18.8 Å². The van der Waals surface area contributed by atoms with Gasteiger partial charge in [-0.05, 0) is 18.1 Å². The Morgan fingerprint density at radius 2 is 2.08 bits per heavy atom. The van der Waals surface area contributed by atoms with Gasteiger partial charge in [-0.25, -0.2) is 4.98 Å². The molecule has 0 bridgehead atoms. The predicted octanol–water partition coefficient (Wildman–Crippen LogP) is 0.561. The van der Waals surface area contributed by atoms with Crippen LogP contribution < -0.4 is 11.1 Å². The molecule has 1 atom stereocenters. The van der Waals surface area contributed by atoms with E-state index in [0.29, 0.717) is 23.6 Å². The Morgan fingerprint density at radius 1 is 1.28 bits per heavy atom. The first-order chi connectivity index (χ1) is 12.1. The predicted molar refractivity (Wildman–Crippen MR) is 85.9 cm³/mol. The number of nitrogens with one attached hydrogen (secondary N) is 1. The highest BCUT2D eigenvalue weighted by atomic mass is 16.4. The Bertz CT molecular complexity index is 889. The number of carbonyl (C=O) groups is 3. The second-order valence-electron chi connectivity index (χ2n) is 6.05. The smallest absolute Gasteiger partial charge is 0.255 e. The molecular formula is C17H16N4O4. The summed E-state index contributed by atoms with van der Waals surface area (Å²) in [5.41, 5.74) is 7.61. The van der Waals surface area contributed by atoms with Crippen LogP contribution in [0.25, 0.3) is 11.3 Å². The SMILES string of the molecule is NCc1ncc(-c2cccc3c2CN(C2CCC(=O)NC2=O)C3=O)o1. The molecule has 0 spiro atoms. The van der Waals surface area contributed by atoms with Crippen molar-refractivity contribution in [2.75, 3.05) is 0 Å². The van der Waals surface area contributed by atoms with Gasteiger partial charge in [-0.1, -0.05) is 12.1 Å². The van der Waals surface area contributed by atoms with E-state index in [1.165, 1.54) is 4.90 Å². The molecular weight excluding hydrogens is 324 g/mol. The summed E-state index contributed by atoms with van der Waals surface area (Å²) in [6.07, 6.45) is 2.14. The summed E-state index contributed by atoms with van der Waals surface area (Å²) in [5, 5.41) is 2.30. The van der Waals surface area contributed by atoms with E-state index < -0.39 is 11.9 Å². The number of nitrogens with zero attached hydrogens (tertiary/aromatic N) is 2. The van der Waals surface area contributed by atoms with Gasteiger partial charge in [0.25, 0.3) is 5.91 Å². The van der Waals surface area contributed by atoms with Crippen molar-refractivity contribution in [2.45, 2.75) is 32.0 Å². The van der Waals surface area contributed by atoms with Gasteiger partial charge in [0.2, 0.25) is 17.7 Å². The number of carbonyl (C=O) groups excluding carboxylic acids is 3. The fourth-order valence-corrected chi connectivity index (χ4v) is 3.35. The van der Waals surface area contributed by atoms with E-state index in [1.807, 2.05) is 6.07 Å². The number of hydrogen-bond donors (Lipinski definition) is 2. The van der Waals surface area contributed by atoms with Gasteiger partial charge in [-0.3, -0.25) is 19.7 Å².